The highest BCUT2D eigenvalue weighted by Gasteiger charge is 2.14. The Hall–Kier alpha value is -2.21. The smallest absolute Gasteiger partial charge is 0.226 e. The minimum absolute atomic E-state index is 0.0505. The molecule has 0 aliphatic heterocycles. The summed E-state index contributed by atoms with van der Waals surface area (Å²) in [6.45, 7) is 4.15. The van der Waals surface area contributed by atoms with Gasteiger partial charge in [-0.15, -0.1) is 0 Å². The normalized spacial score (nSPS) is 12.4. The van der Waals surface area contributed by atoms with Crippen LogP contribution in [-0.4, -0.2) is 28.6 Å². The van der Waals surface area contributed by atoms with E-state index in [9.17, 15) is 14.3 Å². The van der Waals surface area contributed by atoms with Crippen LogP contribution in [0.1, 0.15) is 26.0 Å². The van der Waals surface area contributed by atoms with Gasteiger partial charge in [0.05, 0.1) is 18.2 Å². The van der Waals surface area contributed by atoms with E-state index in [-0.39, 0.29) is 24.1 Å². The number of oxazole rings is 1. The standard InChI is InChI=1S/C17H21FN2O3/c1-11(2)15(21)9-16(22)19-8-7-14-10-23-17(20-14)12-3-5-13(18)6-4-12/h3-6,10-11,15,21H,7-9H2,1-2H3,(H,19,22). The first-order valence-corrected chi connectivity index (χ1v) is 7.61. The zero-order valence-corrected chi connectivity index (χ0v) is 13.3. The van der Waals surface area contributed by atoms with Crippen molar-refractivity contribution >= 4 is 5.91 Å². The third-order valence-corrected chi connectivity index (χ3v) is 3.51. The largest absolute Gasteiger partial charge is 0.444 e. The van der Waals surface area contributed by atoms with Gasteiger partial charge in [0.1, 0.15) is 12.1 Å². The lowest BCUT2D eigenvalue weighted by Gasteiger charge is -2.13. The molecule has 2 rings (SSSR count). The number of amides is 1. The predicted octanol–water partition coefficient (Wildman–Crippen LogP) is 2.55. The molecule has 0 fully saturated rings. The van der Waals surface area contributed by atoms with Crippen molar-refractivity contribution in [3.63, 3.8) is 0 Å². The molecule has 0 saturated heterocycles. The van der Waals surface area contributed by atoms with E-state index in [0.717, 1.165) is 0 Å². The lowest BCUT2D eigenvalue weighted by atomic mass is 10.0. The molecule has 1 aromatic carbocycles. The fourth-order valence-electron chi connectivity index (χ4n) is 1.97. The van der Waals surface area contributed by atoms with Crippen molar-refractivity contribution in [1.82, 2.24) is 10.3 Å². The minimum atomic E-state index is -0.632. The molecule has 5 nitrogen and oxygen atoms in total. The molecule has 0 aliphatic carbocycles. The van der Waals surface area contributed by atoms with Crippen LogP contribution in [0.5, 0.6) is 0 Å². The van der Waals surface area contributed by atoms with Gasteiger partial charge in [0.15, 0.2) is 0 Å². The summed E-state index contributed by atoms with van der Waals surface area (Å²) in [4.78, 5) is 16.0. The van der Waals surface area contributed by atoms with E-state index in [1.807, 2.05) is 13.8 Å². The quantitative estimate of drug-likeness (QED) is 0.822. The maximum atomic E-state index is 12.9. The summed E-state index contributed by atoms with van der Waals surface area (Å²) < 4.78 is 18.2. The number of hydrogen-bond acceptors (Lipinski definition) is 4. The van der Waals surface area contributed by atoms with E-state index in [2.05, 4.69) is 10.3 Å². The molecule has 1 atom stereocenters. The average Bonchev–Trinajstić information content (AvgIpc) is 2.96. The summed E-state index contributed by atoms with van der Waals surface area (Å²) in [7, 11) is 0. The number of hydrogen-bond donors (Lipinski definition) is 2. The molecule has 1 heterocycles. The van der Waals surface area contributed by atoms with E-state index in [4.69, 9.17) is 4.42 Å². The van der Waals surface area contributed by atoms with E-state index in [1.165, 1.54) is 18.4 Å². The monoisotopic (exact) mass is 320 g/mol. The molecule has 0 bridgehead atoms. The highest BCUT2D eigenvalue weighted by molar-refractivity contribution is 5.76. The van der Waals surface area contributed by atoms with Gasteiger partial charge < -0.3 is 14.8 Å². The SMILES string of the molecule is CC(C)C(O)CC(=O)NCCc1coc(-c2ccc(F)cc2)n1. The fourth-order valence-corrected chi connectivity index (χ4v) is 1.97. The van der Waals surface area contributed by atoms with E-state index in [1.54, 1.807) is 12.1 Å². The molecule has 2 N–H and O–H groups in total. The van der Waals surface area contributed by atoms with Gasteiger partial charge >= 0.3 is 0 Å². The first-order chi connectivity index (χ1) is 11.0. The highest BCUT2D eigenvalue weighted by atomic mass is 19.1. The van der Waals surface area contributed by atoms with Crippen LogP contribution in [0.25, 0.3) is 11.5 Å². The Kier molecular flexibility index (Phi) is 5.87. The van der Waals surface area contributed by atoms with Crippen molar-refractivity contribution < 1.29 is 18.7 Å². The van der Waals surface area contributed by atoms with Gasteiger partial charge in [0.2, 0.25) is 11.8 Å². The van der Waals surface area contributed by atoms with Crippen LogP contribution in [0, 0.1) is 11.7 Å². The van der Waals surface area contributed by atoms with Crippen molar-refractivity contribution in [2.24, 2.45) is 5.92 Å². The Bertz CT molecular complexity index is 638. The molecule has 1 amide bonds. The van der Waals surface area contributed by atoms with Gasteiger partial charge in [-0.25, -0.2) is 9.37 Å². The van der Waals surface area contributed by atoms with Crippen molar-refractivity contribution in [3.8, 4) is 11.5 Å². The second-order valence-corrected chi connectivity index (χ2v) is 5.77. The predicted molar refractivity (Wildman–Crippen MR) is 84.1 cm³/mol. The Morgan fingerprint density at radius 1 is 1.35 bits per heavy atom. The van der Waals surface area contributed by atoms with Crippen LogP contribution in [0.2, 0.25) is 0 Å². The first kappa shape index (κ1) is 17.1. The van der Waals surface area contributed by atoms with Gasteiger partial charge in [0, 0.05) is 18.5 Å². The number of benzene rings is 1. The number of aromatic nitrogens is 1. The number of nitrogens with zero attached hydrogens (tertiary/aromatic N) is 1. The third-order valence-electron chi connectivity index (χ3n) is 3.51. The summed E-state index contributed by atoms with van der Waals surface area (Å²) in [5, 5.41) is 12.4. The zero-order chi connectivity index (χ0) is 16.8. The first-order valence-electron chi connectivity index (χ1n) is 7.61. The second kappa shape index (κ2) is 7.87. The van der Waals surface area contributed by atoms with Crippen LogP contribution >= 0.6 is 0 Å². The lowest BCUT2D eigenvalue weighted by molar-refractivity contribution is -0.123. The maximum Gasteiger partial charge on any atom is 0.226 e. The number of aliphatic hydroxyl groups excluding tert-OH is 1. The summed E-state index contributed by atoms with van der Waals surface area (Å²) >= 11 is 0. The van der Waals surface area contributed by atoms with E-state index in [0.29, 0.717) is 30.1 Å². The van der Waals surface area contributed by atoms with Crippen molar-refractivity contribution in [2.45, 2.75) is 32.8 Å². The molecule has 6 heteroatoms. The average molecular weight is 320 g/mol. The van der Waals surface area contributed by atoms with E-state index >= 15 is 0 Å². The van der Waals surface area contributed by atoms with Crippen LogP contribution in [0.15, 0.2) is 34.9 Å². The molecule has 0 spiro atoms. The molecule has 0 radical (unpaired) electrons. The van der Waals surface area contributed by atoms with Crippen LogP contribution < -0.4 is 5.32 Å². The second-order valence-electron chi connectivity index (χ2n) is 5.77. The van der Waals surface area contributed by atoms with Crippen LogP contribution in [0.3, 0.4) is 0 Å². The number of carbonyl (C=O) groups excluding carboxylic acids is 1. The number of aliphatic hydroxyl groups is 1. The Morgan fingerprint density at radius 2 is 2.04 bits per heavy atom. The maximum absolute atomic E-state index is 12.9. The molecule has 2 aromatic rings. The Morgan fingerprint density at radius 3 is 2.70 bits per heavy atom. The molecular weight excluding hydrogens is 299 g/mol. The van der Waals surface area contributed by atoms with Gasteiger partial charge in [-0.05, 0) is 30.2 Å². The molecule has 1 aromatic heterocycles. The molecule has 0 aliphatic rings. The zero-order valence-electron chi connectivity index (χ0n) is 13.3. The summed E-state index contributed by atoms with van der Waals surface area (Å²) in [6, 6.07) is 5.89. The molecule has 1 unspecified atom stereocenters. The Balaban J connectivity index is 1.81. The fraction of sp³-hybridized carbons (Fsp3) is 0.412. The Labute approximate surface area is 134 Å². The number of nitrogens with one attached hydrogen (secondary N) is 1. The number of carbonyl (C=O) groups is 1. The molecule has 0 saturated carbocycles. The van der Waals surface area contributed by atoms with Gasteiger partial charge in [-0.3, -0.25) is 4.79 Å². The van der Waals surface area contributed by atoms with Crippen LogP contribution in [-0.2, 0) is 11.2 Å². The summed E-state index contributed by atoms with van der Waals surface area (Å²) in [6.07, 6.45) is 1.51. The summed E-state index contributed by atoms with van der Waals surface area (Å²) in [5.74, 6) is -0.0311. The molecule has 124 valence electrons. The third kappa shape index (κ3) is 5.17. The van der Waals surface area contributed by atoms with Gasteiger partial charge in [0.25, 0.3) is 0 Å². The van der Waals surface area contributed by atoms with E-state index < -0.39 is 6.10 Å². The van der Waals surface area contributed by atoms with Crippen molar-refractivity contribution in [1.29, 1.82) is 0 Å². The highest BCUT2D eigenvalue weighted by Crippen LogP contribution is 2.19. The van der Waals surface area contributed by atoms with Crippen molar-refractivity contribution in [3.05, 3.63) is 42.0 Å². The summed E-state index contributed by atoms with van der Waals surface area (Å²) in [5.41, 5.74) is 1.40. The number of halogens is 1. The van der Waals surface area contributed by atoms with Crippen LogP contribution in [0.4, 0.5) is 4.39 Å². The molecule has 23 heavy (non-hydrogen) atoms. The topological polar surface area (TPSA) is 75.4 Å². The number of rotatable bonds is 7. The minimum Gasteiger partial charge on any atom is -0.444 e. The van der Waals surface area contributed by atoms with Gasteiger partial charge in [-0.2, -0.15) is 0 Å². The molecular formula is C17H21FN2O3. The van der Waals surface area contributed by atoms with Crippen molar-refractivity contribution in [2.75, 3.05) is 6.54 Å². The lowest BCUT2D eigenvalue weighted by Crippen LogP contribution is -2.30. The van der Waals surface area contributed by atoms with Gasteiger partial charge in [-0.1, -0.05) is 13.8 Å².